The number of amides is 1. The Hall–Kier alpha value is -1.14. The number of nitrogens with zero attached hydrogens (tertiary/aromatic N) is 1. The fourth-order valence-corrected chi connectivity index (χ4v) is 1.87. The number of ether oxygens (including phenoxy) is 1. The predicted octanol–water partition coefficient (Wildman–Crippen LogP) is 1.61. The summed E-state index contributed by atoms with van der Waals surface area (Å²) in [7, 11) is 1.62. The van der Waals surface area contributed by atoms with Crippen LogP contribution in [0.15, 0.2) is 16.7 Å². The molecule has 2 heterocycles. The Morgan fingerprint density at radius 2 is 2.44 bits per heavy atom. The van der Waals surface area contributed by atoms with Crippen molar-refractivity contribution in [1.29, 1.82) is 0 Å². The highest BCUT2D eigenvalue weighted by molar-refractivity contribution is 9.10. The van der Waals surface area contributed by atoms with Crippen molar-refractivity contribution >= 4 is 33.3 Å². The Labute approximate surface area is 102 Å². The molecular formula is C10H12BrN3O2. The summed E-state index contributed by atoms with van der Waals surface area (Å²) in [6.07, 6.45) is 2.32. The van der Waals surface area contributed by atoms with Gasteiger partial charge in [0.2, 0.25) is 5.91 Å². The number of fused-ring (bicyclic) bond motifs is 1. The molecule has 0 fully saturated rings. The van der Waals surface area contributed by atoms with Crippen LogP contribution in [0.4, 0.5) is 11.5 Å². The standard InChI is InChI=1S/C10H12BrN3O2/c1-16-3-2-7-10(15)14-8-4-6(11)5-12-9(8)13-7/h4-5,7H,2-3H2,1H3,(H,12,13)(H,14,15). The average Bonchev–Trinajstić information content (AvgIpc) is 2.26. The van der Waals surface area contributed by atoms with Crippen molar-refractivity contribution in [3.8, 4) is 0 Å². The molecule has 0 spiro atoms. The van der Waals surface area contributed by atoms with E-state index < -0.39 is 0 Å². The molecule has 86 valence electrons. The van der Waals surface area contributed by atoms with Gasteiger partial charge in [-0.2, -0.15) is 0 Å². The Kier molecular flexibility index (Phi) is 3.40. The van der Waals surface area contributed by atoms with Crippen molar-refractivity contribution in [2.75, 3.05) is 24.4 Å². The topological polar surface area (TPSA) is 63.2 Å². The number of nitrogens with one attached hydrogen (secondary N) is 2. The summed E-state index contributed by atoms with van der Waals surface area (Å²) in [5.41, 5.74) is 0.702. The summed E-state index contributed by atoms with van der Waals surface area (Å²) >= 11 is 3.31. The minimum atomic E-state index is -0.277. The molecule has 16 heavy (non-hydrogen) atoms. The molecule has 6 heteroatoms. The van der Waals surface area contributed by atoms with Crippen molar-refractivity contribution in [3.05, 3.63) is 16.7 Å². The van der Waals surface area contributed by atoms with Gasteiger partial charge in [-0.1, -0.05) is 0 Å². The van der Waals surface area contributed by atoms with E-state index in [4.69, 9.17) is 4.74 Å². The fourth-order valence-electron chi connectivity index (χ4n) is 1.54. The Morgan fingerprint density at radius 1 is 1.62 bits per heavy atom. The first-order valence-corrected chi connectivity index (χ1v) is 5.72. The highest BCUT2D eigenvalue weighted by Crippen LogP contribution is 2.27. The zero-order valence-corrected chi connectivity index (χ0v) is 10.4. The molecule has 2 N–H and O–H groups in total. The van der Waals surface area contributed by atoms with Crippen LogP contribution in [-0.4, -0.2) is 30.6 Å². The van der Waals surface area contributed by atoms with E-state index in [0.29, 0.717) is 24.5 Å². The molecule has 2 rings (SSSR count). The molecule has 1 unspecified atom stereocenters. The van der Waals surface area contributed by atoms with E-state index in [1.807, 2.05) is 6.07 Å². The van der Waals surface area contributed by atoms with Gasteiger partial charge in [-0.05, 0) is 28.4 Å². The van der Waals surface area contributed by atoms with Crippen molar-refractivity contribution in [2.45, 2.75) is 12.5 Å². The maximum Gasteiger partial charge on any atom is 0.247 e. The highest BCUT2D eigenvalue weighted by Gasteiger charge is 2.25. The van der Waals surface area contributed by atoms with Gasteiger partial charge in [0.15, 0.2) is 5.82 Å². The van der Waals surface area contributed by atoms with Crippen LogP contribution in [0.3, 0.4) is 0 Å². The third-order valence-corrected chi connectivity index (χ3v) is 2.78. The first-order chi connectivity index (χ1) is 7.70. The smallest absolute Gasteiger partial charge is 0.247 e. The number of carbonyl (C=O) groups is 1. The monoisotopic (exact) mass is 285 g/mol. The normalized spacial score (nSPS) is 18.6. The van der Waals surface area contributed by atoms with Crippen molar-refractivity contribution in [3.63, 3.8) is 0 Å². The third-order valence-electron chi connectivity index (χ3n) is 2.35. The molecule has 1 aromatic heterocycles. The van der Waals surface area contributed by atoms with Crippen LogP contribution < -0.4 is 10.6 Å². The molecule has 0 saturated carbocycles. The molecule has 0 radical (unpaired) electrons. The van der Waals surface area contributed by atoms with E-state index in [-0.39, 0.29) is 11.9 Å². The lowest BCUT2D eigenvalue weighted by Crippen LogP contribution is -2.39. The van der Waals surface area contributed by atoms with Gasteiger partial charge >= 0.3 is 0 Å². The van der Waals surface area contributed by atoms with E-state index >= 15 is 0 Å². The molecule has 1 aliphatic heterocycles. The molecule has 1 amide bonds. The quantitative estimate of drug-likeness (QED) is 0.886. The van der Waals surface area contributed by atoms with Gasteiger partial charge in [0.25, 0.3) is 0 Å². The third kappa shape index (κ3) is 2.33. The van der Waals surface area contributed by atoms with E-state index in [0.717, 1.165) is 4.47 Å². The molecule has 0 saturated heterocycles. The lowest BCUT2D eigenvalue weighted by Gasteiger charge is -2.25. The molecule has 0 aromatic carbocycles. The van der Waals surface area contributed by atoms with E-state index in [9.17, 15) is 4.79 Å². The summed E-state index contributed by atoms with van der Waals surface area (Å²) in [6.45, 7) is 0.539. The van der Waals surface area contributed by atoms with Crippen molar-refractivity contribution in [2.24, 2.45) is 0 Å². The van der Waals surface area contributed by atoms with Gasteiger partial charge in [0.05, 0.1) is 5.69 Å². The molecule has 1 aliphatic rings. The van der Waals surface area contributed by atoms with Crippen LogP contribution in [-0.2, 0) is 9.53 Å². The highest BCUT2D eigenvalue weighted by atomic mass is 79.9. The number of anilines is 2. The summed E-state index contributed by atoms with van der Waals surface area (Å²) in [5.74, 6) is 0.647. The predicted molar refractivity (Wildman–Crippen MR) is 64.5 cm³/mol. The van der Waals surface area contributed by atoms with Gasteiger partial charge in [-0.3, -0.25) is 4.79 Å². The first kappa shape index (κ1) is 11.3. The molecule has 0 aliphatic carbocycles. The van der Waals surface area contributed by atoms with Crippen LogP contribution in [0.1, 0.15) is 6.42 Å². The zero-order chi connectivity index (χ0) is 11.5. The number of hydrogen-bond acceptors (Lipinski definition) is 4. The van der Waals surface area contributed by atoms with Gasteiger partial charge in [0.1, 0.15) is 6.04 Å². The summed E-state index contributed by atoms with van der Waals surface area (Å²) in [5, 5.41) is 5.89. The largest absolute Gasteiger partial charge is 0.385 e. The second-order valence-electron chi connectivity index (χ2n) is 3.52. The van der Waals surface area contributed by atoms with Gasteiger partial charge in [0, 0.05) is 24.4 Å². The molecular weight excluding hydrogens is 274 g/mol. The molecule has 1 aromatic rings. The number of methoxy groups -OCH3 is 1. The van der Waals surface area contributed by atoms with Crippen molar-refractivity contribution in [1.82, 2.24) is 4.98 Å². The van der Waals surface area contributed by atoms with E-state index in [1.54, 1.807) is 13.3 Å². The number of hydrogen-bond donors (Lipinski definition) is 2. The Balaban J connectivity index is 2.15. The summed E-state index contributed by atoms with van der Waals surface area (Å²) in [6, 6.07) is 1.54. The Bertz CT molecular complexity index is 411. The second kappa shape index (κ2) is 4.80. The minimum absolute atomic E-state index is 0.0514. The lowest BCUT2D eigenvalue weighted by molar-refractivity contribution is -0.117. The van der Waals surface area contributed by atoms with Gasteiger partial charge in [-0.25, -0.2) is 4.98 Å². The lowest BCUT2D eigenvalue weighted by atomic mass is 10.1. The van der Waals surface area contributed by atoms with Crippen LogP contribution in [0.5, 0.6) is 0 Å². The zero-order valence-electron chi connectivity index (χ0n) is 8.79. The maximum atomic E-state index is 11.7. The number of carbonyl (C=O) groups excluding carboxylic acids is 1. The summed E-state index contributed by atoms with van der Waals surface area (Å²) in [4.78, 5) is 15.9. The SMILES string of the molecule is COCCC1Nc2ncc(Br)cc2NC1=O. The maximum absolute atomic E-state index is 11.7. The van der Waals surface area contributed by atoms with Crippen LogP contribution in [0.2, 0.25) is 0 Å². The van der Waals surface area contributed by atoms with E-state index in [1.165, 1.54) is 0 Å². The number of rotatable bonds is 3. The van der Waals surface area contributed by atoms with Crippen LogP contribution in [0.25, 0.3) is 0 Å². The van der Waals surface area contributed by atoms with Gasteiger partial charge < -0.3 is 15.4 Å². The molecule has 0 bridgehead atoms. The van der Waals surface area contributed by atoms with Gasteiger partial charge in [-0.15, -0.1) is 0 Å². The minimum Gasteiger partial charge on any atom is -0.385 e. The molecule has 5 nitrogen and oxygen atoms in total. The van der Waals surface area contributed by atoms with Crippen LogP contribution in [0, 0.1) is 0 Å². The summed E-state index contributed by atoms with van der Waals surface area (Å²) < 4.78 is 5.79. The number of pyridine rings is 1. The Morgan fingerprint density at radius 3 is 3.19 bits per heavy atom. The average molecular weight is 286 g/mol. The van der Waals surface area contributed by atoms with Crippen molar-refractivity contribution < 1.29 is 9.53 Å². The van der Waals surface area contributed by atoms with Crippen LogP contribution >= 0.6 is 15.9 Å². The fraction of sp³-hybridized carbons (Fsp3) is 0.400. The number of halogens is 1. The first-order valence-electron chi connectivity index (χ1n) is 4.92. The van der Waals surface area contributed by atoms with E-state index in [2.05, 4.69) is 31.5 Å². The molecule has 1 atom stereocenters. The number of aromatic nitrogens is 1. The second-order valence-corrected chi connectivity index (χ2v) is 4.43.